The maximum absolute atomic E-state index is 14.5. The highest BCUT2D eigenvalue weighted by Crippen LogP contribution is 2.36. The first-order valence-corrected chi connectivity index (χ1v) is 11.9. The highest BCUT2D eigenvalue weighted by molar-refractivity contribution is 7.17. The van der Waals surface area contributed by atoms with E-state index in [9.17, 15) is 4.39 Å². The molecule has 0 radical (unpaired) electrons. The number of allylic oxidation sites excluding steroid dienone is 1. The number of anilines is 1. The minimum atomic E-state index is -0.337. The molecule has 0 spiro atoms. The highest BCUT2D eigenvalue weighted by atomic mass is 31.0. The second kappa shape index (κ2) is 9.56. The van der Waals surface area contributed by atoms with Crippen molar-refractivity contribution >= 4 is 26.1 Å². The molecular weight excluding hydrogens is 446 g/mol. The lowest BCUT2D eigenvalue weighted by atomic mass is 10.1. The van der Waals surface area contributed by atoms with Crippen LogP contribution in [-0.2, 0) is 0 Å². The second-order valence-corrected chi connectivity index (χ2v) is 9.85. The summed E-state index contributed by atoms with van der Waals surface area (Å²) in [5.41, 5.74) is 4.72. The van der Waals surface area contributed by atoms with Crippen molar-refractivity contribution in [2.75, 3.05) is 18.9 Å². The van der Waals surface area contributed by atoms with Crippen LogP contribution in [0.3, 0.4) is 0 Å². The summed E-state index contributed by atoms with van der Waals surface area (Å²) in [7, 11) is 4.70. The Morgan fingerprint density at radius 1 is 1.29 bits per heavy atom. The minimum absolute atomic E-state index is 0.0701. The zero-order valence-electron chi connectivity index (χ0n) is 20.1. The van der Waals surface area contributed by atoms with Crippen LogP contribution in [0.2, 0.25) is 0 Å². The van der Waals surface area contributed by atoms with Crippen molar-refractivity contribution in [3.8, 4) is 11.8 Å². The summed E-state index contributed by atoms with van der Waals surface area (Å²) < 4.78 is 16.5. The van der Waals surface area contributed by atoms with Gasteiger partial charge in [-0.2, -0.15) is 5.10 Å². The fourth-order valence-electron chi connectivity index (χ4n) is 4.47. The van der Waals surface area contributed by atoms with Gasteiger partial charge in [0.2, 0.25) is 0 Å². The molecule has 0 amide bonds. The van der Waals surface area contributed by atoms with Gasteiger partial charge in [0, 0.05) is 25.3 Å². The zero-order chi connectivity index (χ0) is 24.6. The van der Waals surface area contributed by atoms with Gasteiger partial charge in [0.05, 0.1) is 17.0 Å². The standard InChI is InChI=1S/C26H30FN6P/c1-7-17(4)32-13-20(12-23(32)18(5)34)33-26-24(25(28-6)29-14-30-26)22(31-33)9-8-19-10-15(2)16(3)11-21(19)27/h7,10-11,14,18,20,23H,1,4,12-13,34H2,2-3,5-6H3,(H,28,29,30)/t18?,20-,23?/m0/s1. The molecular formula is C26H30FN6P. The minimum Gasteiger partial charge on any atom is -0.372 e. The van der Waals surface area contributed by atoms with E-state index < -0.39 is 0 Å². The van der Waals surface area contributed by atoms with Crippen molar-refractivity contribution in [2.45, 2.75) is 44.9 Å². The average Bonchev–Trinajstić information content (AvgIpc) is 3.42. The molecule has 3 aromatic rings. The molecule has 1 aromatic carbocycles. The van der Waals surface area contributed by atoms with E-state index in [4.69, 9.17) is 5.10 Å². The molecule has 2 aromatic heterocycles. The third-order valence-electron chi connectivity index (χ3n) is 6.50. The first kappa shape index (κ1) is 23.9. The van der Waals surface area contributed by atoms with Crippen LogP contribution in [-0.4, -0.2) is 49.9 Å². The van der Waals surface area contributed by atoms with E-state index in [-0.39, 0.29) is 17.9 Å². The molecule has 176 valence electrons. The normalized spacial score (nSPS) is 18.5. The van der Waals surface area contributed by atoms with Crippen molar-refractivity contribution < 1.29 is 4.39 Å². The number of fused-ring (bicyclic) bond motifs is 1. The monoisotopic (exact) mass is 476 g/mol. The molecule has 0 saturated carbocycles. The molecule has 8 heteroatoms. The number of rotatable bonds is 5. The zero-order valence-corrected chi connectivity index (χ0v) is 21.2. The van der Waals surface area contributed by atoms with E-state index in [2.05, 4.69) is 61.3 Å². The van der Waals surface area contributed by atoms with Gasteiger partial charge in [-0.25, -0.2) is 19.0 Å². The average molecular weight is 477 g/mol. The number of benzene rings is 1. The number of hydrogen-bond acceptors (Lipinski definition) is 5. The van der Waals surface area contributed by atoms with Gasteiger partial charge >= 0.3 is 0 Å². The number of aromatic nitrogens is 4. The van der Waals surface area contributed by atoms with Crippen molar-refractivity contribution in [3.05, 3.63) is 71.6 Å². The van der Waals surface area contributed by atoms with Gasteiger partial charge in [-0.3, -0.25) is 0 Å². The van der Waals surface area contributed by atoms with Crippen molar-refractivity contribution in [3.63, 3.8) is 0 Å². The van der Waals surface area contributed by atoms with Gasteiger partial charge in [0.15, 0.2) is 5.65 Å². The lowest BCUT2D eigenvalue weighted by Crippen LogP contribution is -2.33. The van der Waals surface area contributed by atoms with E-state index in [0.29, 0.717) is 28.4 Å². The summed E-state index contributed by atoms with van der Waals surface area (Å²) in [4.78, 5) is 11.2. The second-order valence-electron chi connectivity index (χ2n) is 8.79. The Bertz CT molecular complexity index is 1330. The van der Waals surface area contributed by atoms with E-state index in [0.717, 1.165) is 35.2 Å². The molecule has 4 rings (SSSR count). The van der Waals surface area contributed by atoms with Gasteiger partial charge in [-0.05, 0) is 61.2 Å². The number of nitrogens with one attached hydrogen (secondary N) is 1. The van der Waals surface area contributed by atoms with Gasteiger partial charge < -0.3 is 10.2 Å². The summed E-state index contributed by atoms with van der Waals surface area (Å²) in [6.45, 7) is 14.8. The topological polar surface area (TPSA) is 58.9 Å². The summed E-state index contributed by atoms with van der Waals surface area (Å²) in [6.07, 6.45) is 4.20. The maximum Gasteiger partial charge on any atom is 0.164 e. The molecule has 3 unspecified atom stereocenters. The molecule has 0 aliphatic carbocycles. The molecule has 34 heavy (non-hydrogen) atoms. The van der Waals surface area contributed by atoms with Crippen LogP contribution in [0.25, 0.3) is 11.0 Å². The first-order valence-electron chi connectivity index (χ1n) is 11.3. The molecule has 1 aliphatic rings. The molecule has 6 nitrogen and oxygen atoms in total. The highest BCUT2D eigenvalue weighted by Gasteiger charge is 2.36. The number of nitrogens with zero attached hydrogens (tertiary/aromatic N) is 5. The van der Waals surface area contributed by atoms with Crippen LogP contribution < -0.4 is 5.32 Å². The first-order chi connectivity index (χ1) is 16.2. The Balaban J connectivity index is 1.82. The summed E-state index contributed by atoms with van der Waals surface area (Å²) in [5, 5.41) is 8.72. The van der Waals surface area contributed by atoms with E-state index in [1.165, 1.54) is 12.4 Å². The van der Waals surface area contributed by atoms with Crippen LogP contribution in [0.15, 0.2) is 43.4 Å². The van der Waals surface area contributed by atoms with Crippen molar-refractivity contribution in [1.29, 1.82) is 0 Å². The summed E-state index contributed by atoms with van der Waals surface area (Å²) in [6, 6.07) is 3.64. The number of likely N-dealkylation sites (tertiary alicyclic amines) is 1. The Morgan fingerprint density at radius 2 is 2.03 bits per heavy atom. The smallest absolute Gasteiger partial charge is 0.164 e. The number of hydrogen-bond donors (Lipinski definition) is 1. The van der Waals surface area contributed by atoms with Gasteiger partial charge in [0.1, 0.15) is 23.7 Å². The van der Waals surface area contributed by atoms with Crippen LogP contribution >= 0.6 is 9.24 Å². The van der Waals surface area contributed by atoms with Gasteiger partial charge in [0.25, 0.3) is 0 Å². The maximum atomic E-state index is 14.5. The Morgan fingerprint density at radius 3 is 2.71 bits per heavy atom. The summed E-state index contributed by atoms with van der Waals surface area (Å²) >= 11 is 0. The predicted octanol–water partition coefficient (Wildman–Crippen LogP) is 4.60. The van der Waals surface area contributed by atoms with Crippen LogP contribution in [0.4, 0.5) is 10.2 Å². The Hall–Kier alpha value is -3.23. The van der Waals surface area contributed by atoms with Gasteiger partial charge in [-0.15, -0.1) is 9.24 Å². The molecule has 1 N–H and O–H groups in total. The van der Waals surface area contributed by atoms with Crippen LogP contribution in [0.5, 0.6) is 0 Å². The lowest BCUT2D eigenvalue weighted by Gasteiger charge is -2.29. The number of aryl methyl sites for hydroxylation is 2. The molecule has 1 aliphatic heterocycles. The lowest BCUT2D eigenvalue weighted by molar-refractivity contribution is 0.325. The van der Waals surface area contributed by atoms with Crippen molar-refractivity contribution in [1.82, 2.24) is 24.6 Å². The quantitative estimate of drug-likeness (QED) is 0.331. The van der Waals surface area contributed by atoms with E-state index in [1.807, 2.05) is 18.5 Å². The Labute approximate surface area is 202 Å². The molecule has 1 fully saturated rings. The predicted molar refractivity (Wildman–Crippen MR) is 139 cm³/mol. The third-order valence-corrected chi connectivity index (χ3v) is 6.95. The molecule has 3 heterocycles. The molecule has 1 saturated heterocycles. The fourth-order valence-corrected chi connectivity index (χ4v) is 4.84. The number of halogens is 1. The molecule has 4 atom stereocenters. The van der Waals surface area contributed by atoms with E-state index >= 15 is 0 Å². The summed E-state index contributed by atoms with van der Waals surface area (Å²) in [5.74, 6) is 6.38. The van der Waals surface area contributed by atoms with E-state index in [1.54, 1.807) is 19.2 Å². The third kappa shape index (κ3) is 4.31. The molecule has 0 bridgehead atoms. The van der Waals surface area contributed by atoms with Crippen LogP contribution in [0, 0.1) is 31.5 Å². The Kier molecular flexibility index (Phi) is 6.72. The van der Waals surface area contributed by atoms with Crippen LogP contribution in [0.1, 0.15) is 41.8 Å². The van der Waals surface area contributed by atoms with Crippen molar-refractivity contribution in [2.24, 2.45) is 0 Å². The fraction of sp³-hybridized carbons (Fsp3) is 0.346. The SMILES string of the molecule is C=CC(=C)N1C[C@@H](n2nc(C#Cc3cc(C)c(C)cc3F)c3c(NC)ncnc32)CC1C(C)P. The largest absolute Gasteiger partial charge is 0.372 e. The van der Waals surface area contributed by atoms with Gasteiger partial charge in [-0.1, -0.05) is 26.0 Å².